The number of benzene rings is 1. The minimum absolute atomic E-state index is 0.272. The van der Waals surface area contributed by atoms with E-state index >= 15 is 0 Å². The summed E-state index contributed by atoms with van der Waals surface area (Å²) in [5.74, 6) is -0.127. The summed E-state index contributed by atoms with van der Waals surface area (Å²) in [4.78, 5) is 30.9. The molecule has 0 spiro atoms. The van der Waals surface area contributed by atoms with Crippen molar-refractivity contribution in [2.24, 2.45) is 0 Å². The average Bonchev–Trinajstić information content (AvgIpc) is 3.55. The maximum Gasteiger partial charge on any atom is 0.573 e. The summed E-state index contributed by atoms with van der Waals surface area (Å²) in [5.41, 5.74) is 0.293. The number of hydrogen-bond donors (Lipinski definition) is 3. The molecule has 0 bridgehead atoms. The molecule has 2 aliphatic rings. The lowest BCUT2D eigenvalue weighted by molar-refractivity contribution is -0.274. The molecule has 2 heterocycles. The van der Waals surface area contributed by atoms with Crippen molar-refractivity contribution in [3.05, 3.63) is 47.7 Å². The standard InChI is InChI=1S/C22H23F3N4O4/c1-21(2,32)18(13-5-7-15(8-6-13)33-22(23,24)25)28-20(31)29-11-17(30)27-16-9-14(12-3-4-12)10-26-19(16)29/h5-10,12,18,32H,3-4,11H2,1-2H3,(H,27,30)(H,28,31)/t18-/m1/s1. The van der Waals surface area contributed by atoms with Crippen LogP contribution in [0.5, 0.6) is 5.75 Å². The van der Waals surface area contributed by atoms with E-state index in [-0.39, 0.29) is 18.3 Å². The van der Waals surface area contributed by atoms with Gasteiger partial charge in [0.05, 0.1) is 17.3 Å². The first kappa shape index (κ1) is 22.8. The first-order valence-corrected chi connectivity index (χ1v) is 10.4. The summed E-state index contributed by atoms with van der Waals surface area (Å²) in [5, 5.41) is 16.1. The minimum Gasteiger partial charge on any atom is -0.406 e. The lowest BCUT2D eigenvalue weighted by Crippen LogP contribution is -2.51. The van der Waals surface area contributed by atoms with Gasteiger partial charge in [0.1, 0.15) is 12.3 Å². The second kappa shape index (κ2) is 8.22. The average molecular weight is 464 g/mol. The van der Waals surface area contributed by atoms with Crippen LogP contribution in [-0.4, -0.2) is 40.5 Å². The fourth-order valence-corrected chi connectivity index (χ4v) is 3.73. The third-order valence-corrected chi connectivity index (χ3v) is 5.43. The molecule has 1 atom stereocenters. The zero-order chi connectivity index (χ0) is 24.0. The summed E-state index contributed by atoms with van der Waals surface area (Å²) < 4.78 is 41.2. The quantitative estimate of drug-likeness (QED) is 0.624. The minimum atomic E-state index is -4.83. The lowest BCUT2D eigenvalue weighted by atomic mass is 9.92. The molecule has 4 rings (SSSR count). The van der Waals surface area contributed by atoms with E-state index in [1.165, 1.54) is 30.9 Å². The normalized spacial score (nSPS) is 17.2. The number of alkyl halides is 3. The molecule has 1 aliphatic carbocycles. The Morgan fingerprint density at radius 1 is 1.27 bits per heavy atom. The Morgan fingerprint density at radius 2 is 1.94 bits per heavy atom. The number of fused-ring (bicyclic) bond motifs is 1. The van der Waals surface area contributed by atoms with Gasteiger partial charge in [-0.05, 0) is 61.9 Å². The third-order valence-electron chi connectivity index (χ3n) is 5.43. The number of ether oxygens (including phenoxy) is 1. The van der Waals surface area contributed by atoms with Gasteiger partial charge in [-0.25, -0.2) is 9.78 Å². The molecule has 0 unspecified atom stereocenters. The Kier molecular flexibility index (Phi) is 5.69. The zero-order valence-corrected chi connectivity index (χ0v) is 17.9. The van der Waals surface area contributed by atoms with Gasteiger partial charge < -0.3 is 20.5 Å². The van der Waals surface area contributed by atoms with E-state index in [0.29, 0.717) is 17.2 Å². The van der Waals surface area contributed by atoms with E-state index in [1.54, 1.807) is 6.20 Å². The number of pyridine rings is 1. The lowest BCUT2D eigenvalue weighted by Gasteiger charge is -2.34. The highest BCUT2D eigenvalue weighted by Crippen LogP contribution is 2.42. The Hall–Kier alpha value is -3.34. The molecule has 33 heavy (non-hydrogen) atoms. The molecule has 1 aliphatic heterocycles. The second-order valence-electron chi connectivity index (χ2n) is 8.70. The number of anilines is 2. The van der Waals surface area contributed by atoms with E-state index in [9.17, 15) is 27.9 Å². The van der Waals surface area contributed by atoms with Crippen LogP contribution < -0.4 is 20.3 Å². The molecule has 11 heteroatoms. The van der Waals surface area contributed by atoms with Gasteiger partial charge in [-0.3, -0.25) is 9.69 Å². The SMILES string of the molecule is CC(C)(O)[C@H](NC(=O)N1CC(=O)Nc2cc(C3CC3)cnc21)c1ccc(OC(F)(F)F)cc1. The Morgan fingerprint density at radius 3 is 2.52 bits per heavy atom. The number of aromatic nitrogens is 1. The molecule has 1 fully saturated rings. The molecular formula is C22H23F3N4O4. The maximum atomic E-state index is 13.1. The van der Waals surface area contributed by atoms with Crippen molar-refractivity contribution < 1.29 is 32.6 Å². The molecule has 2 aromatic rings. The van der Waals surface area contributed by atoms with E-state index in [1.807, 2.05) is 6.07 Å². The summed E-state index contributed by atoms with van der Waals surface area (Å²) in [6.07, 6.45) is -1.04. The maximum absolute atomic E-state index is 13.1. The van der Waals surface area contributed by atoms with Crippen molar-refractivity contribution >= 4 is 23.4 Å². The topological polar surface area (TPSA) is 104 Å². The zero-order valence-electron chi connectivity index (χ0n) is 17.9. The third kappa shape index (κ3) is 5.36. The van der Waals surface area contributed by atoms with Crippen molar-refractivity contribution in [1.82, 2.24) is 10.3 Å². The summed E-state index contributed by atoms with van der Waals surface area (Å²) in [6.45, 7) is 2.63. The fourth-order valence-electron chi connectivity index (χ4n) is 3.73. The van der Waals surface area contributed by atoms with E-state index in [2.05, 4.69) is 20.4 Å². The van der Waals surface area contributed by atoms with Crippen LogP contribution in [0.2, 0.25) is 0 Å². The van der Waals surface area contributed by atoms with E-state index in [0.717, 1.165) is 30.5 Å². The van der Waals surface area contributed by atoms with Crippen molar-refractivity contribution in [3.63, 3.8) is 0 Å². The van der Waals surface area contributed by atoms with Gasteiger partial charge in [0.15, 0.2) is 5.82 Å². The summed E-state index contributed by atoms with van der Waals surface area (Å²) >= 11 is 0. The van der Waals surface area contributed by atoms with E-state index in [4.69, 9.17) is 0 Å². The predicted octanol–water partition coefficient (Wildman–Crippen LogP) is 3.84. The number of rotatable bonds is 5. The first-order valence-electron chi connectivity index (χ1n) is 10.4. The molecule has 1 saturated carbocycles. The number of nitrogens with zero attached hydrogens (tertiary/aromatic N) is 2. The van der Waals surface area contributed by atoms with Crippen LogP contribution in [0, 0.1) is 0 Å². The number of urea groups is 1. The van der Waals surface area contributed by atoms with Crippen LogP contribution in [0.25, 0.3) is 0 Å². The van der Waals surface area contributed by atoms with Crippen LogP contribution in [0.4, 0.5) is 29.5 Å². The second-order valence-corrected chi connectivity index (χ2v) is 8.70. The van der Waals surface area contributed by atoms with Crippen LogP contribution in [0.1, 0.15) is 49.8 Å². The van der Waals surface area contributed by atoms with Gasteiger partial charge >= 0.3 is 12.4 Å². The van der Waals surface area contributed by atoms with Crippen LogP contribution >= 0.6 is 0 Å². The van der Waals surface area contributed by atoms with Gasteiger partial charge in [0, 0.05) is 6.20 Å². The predicted molar refractivity (Wildman–Crippen MR) is 113 cm³/mol. The number of amides is 3. The van der Waals surface area contributed by atoms with Crippen molar-refractivity contribution in [2.45, 2.75) is 50.6 Å². The van der Waals surface area contributed by atoms with Gasteiger partial charge in [-0.15, -0.1) is 13.2 Å². The molecule has 0 saturated heterocycles. The molecule has 0 radical (unpaired) electrons. The van der Waals surface area contributed by atoms with Crippen LogP contribution in [-0.2, 0) is 4.79 Å². The highest BCUT2D eigenvalue weighted by molar-refractivity contribution is 6.08. The van der Waals surface area contributed by atoms with Gasteiger partial charge in [-0.1, -0.05) is 12.1 Å². The number of nitrogens with one attached hydrogen (secondary N) is 2. The molecular weight excluding hydrogens is 441 g/mol. The Balaban J connectivity index is 1.56. The molecule has 1 aromatic carbocycles. The molecule has 1 aromatic heterocycles. The van der Waals surface area contributed by atoms with Gasteiger partial charge in [0.25, 0.3) is 0 Å². The van der Waals surface area contributed by atoms with Crippen molar-refractivity contribution in [1.29, 1.82) is 0 Å². The monoisotopic (exact) mass is 464 g/mol. The largest absolute Gasteiger partial charge is 0.573 e. The van der Waals surface area contributed by atoms with E-state index < -0.39 is 29.8 Å². The molecule has 8 nitrogen and oxygen atoms in total. The van der Waals surface area contributed by atoms with Crippen molar-refractivity contribution in [3.8, 4) is 5.75 Å². The summed E-state index contributed by atoms with van der Waals surface area (Å²) in [7, 11) is 0. The smallest absolute Gasteiger partial charge is 0.406 e. The number of aliphatic hydroxyl groups is 1. The van der Waals surface area contributed by atoms with Gasteiger partial charge in [-0.2, -0.15) is 0 Å². The summed E-state index contributed by atoms with van der Waals surface area (Å²) in [6, 6.07) is 4.97. The molecule has 3 N–H and O–H groups in total. The highest BCUT2D eigenvalue weighted by Gasteiger charge is 2.36. The first-order chi connectivity index (χ1) is 15.4. The van der Waals surface area contributed by atoms with Gasteiger partial charge in [0.2, 0.25) is 5.91 Å². The van der Waals surface area contributed by atoms with Crippen LogP contribution in [0.15, 0.2) is 36.5 Å². The number of carbonyl (C=O) groups excluding carboxylic acids is 2. The number of halogens is 3. The van der Waals surface area contributed by atoms with Crippen LogP contribution in [0.3, 0.4) is 0 Å². The molecule has 176 valence electrons. The fraction of sp³-hybridized carbons (Fsp3) is 0.409. The Bertz CT molecular complexity index is 1060. The number of hydrogen-bond acceptors (Lipinski definition) is 5. The highest BCUT2D eigenvalue weighted by atomic mass is 19.4. The Labute approximate surface area is 187 Å². The molecule has 3 amide bonds. The number of carbonyl (C=O) groups is 2. The van der Waals surface area contributed by atoms with Crippen molar-refractivity contribution in [2.75, 3.05) is 16.8 Å².